The van der Waals surface area contributed by atoms with Crippen LogP contribution in [0.2, 0.25) is 0 Å². The fraction of sp³-hybridized carbons (Fsp3) is 0.700. The van der Waals surface area contributed by atoms with Crippen LogP contribution in [0.3, 0.4) is 0 Å². The predicted octanol–water partition coefficient (Wildman–Crippen LogP) is -0.583. The van der Waals surface area contributed by atoms with Crippen molar-refractivity contribution < 1.29 is 19.5 Å². The van der Waals surface area contributed by atoms with E-state index < -0.39 is 24.5 Å². The van der Waals surface area contributed by atoms with Gasteiger partial charge >= 0.3 is 12.0 Å². The third-order valence-electron chi connectivity index (χ3n) is 2.44. The molecule has 1 aliphatic rings. The molecule has 1 heterocycles. The van der Waals surface area contributed by atoms with E-state index >= 15 is 0 Å². The number of carboxylic acid groups (broad SMARTS) is 1. The fourth-order valence-corrected chi connectivity index (χ4v) is 2.57. The van der Waals surface area contributed by atoms with Crippen LogP contribution in [0.25, 0.3) is 0 Å². The van der Waals surface area contributed by atoms with Crippen molar-refractivity contribution >= 4 is 29.7 Å². The van der Waals surface area contributed by atoms with Crippen LogP contribution < -0.4 is 5.73 Å². The molecule has 8 heteroatoms. The van der Waals surface area contributed by atoms with Gasteiger partial charge in [-0.3, -0.25) is 9.59 Å². The molecule has 0 unspecified atom stereocenters. The number of urea groups is 1. The van der Waals surface area contributed by atoms with Crippen molar-refractivity contribution in [3.63, 3.8) is 0 Å². The molecule has 0 atom stereocenters. The van der Waals surface area contributed by atoms with Crippen LogP contribution in [0, 0.1) is 0 Å². The maximum absolute atomic E-state index is 12.1. The molecule has 18 heavy (non-hydrogen) atoms. The van der Waals surface area contributed by atoms with Crippen LogP contribution in [0.15, 0.2) is 0 Å². The van der Waals surface area contributed by atoms with Gasteiger partial charge in [0, 0.05) is 18.8 Å². The van der Waals surface area contributed by atoms with Gasteiger partial charge in [-0.25, -0.2) is 4.79 Å². The second-order valence-corrected chi connectivity index (χ2v) is 5.18. The van der Waals surface area contributed by atoms with Crippen LogP contribution in [0.1, 0.15) is 6.42 Å². The summed E-state index contributed by atoms with van der Waals surface area (Å²) >= 11 is 1.76. The molecule has 0 bridgehead atoms. The van der Waals surface area contributed by atoms with Crippen molar-refractivity contribution in [1.82, 2.24) is 9.80 Å². The van der Waals surface area contributed by atoms with E-state index in [0.717, 1.165) is 22.8 Å². The first-order chi connectivity index (χ1) is 8.50. The lowest BCUT2D eigenvalue weighted by atomic mass is 10.4. The summed E-state index contributed by atoms with van der Waals surface area (Å²) in [6.07, 6.45) is 0.869. The summed E-state index contributed by atoms with van der Waals surface area (Å²) in [6.45, 7) is 0.277. The summed E-state index contributed by atoms with van der Waals surface area (Å²) in [5, 5.41) is 8.73. The molecule has 1 saturated heterocycles. The highest BCUT2D eigenvalue weighted by atomic mass is 32.2. The highest BCUT2D eigenvalue weighted by Crippen LogP contribution is 2.11. The Morgan fingerprint density at radius 3 is 2.56 bits per heavy atom. The molecule has 1 rings (SSSR count). The highest BCUT2D eigenvalue weighted by Gasteiger charge is 2.24. The van der Waals surface area contributed by atoms with E-state index in [4.69, 9.17) is 10.8 Å². The monoisotopic (exact) mass is 275 g/mol. The van der Waals surface area contributed by atoms with Crippen LogP contribution >= 0.6 is 11.8 Å². The van der Waals surface area contributed by atoms with Crippen LogP contribution in [-0.2, 0) is 9.59 Å². The Kier molecular flexibility index (Phi) is 5.76. The lowest BCUT2D eigenvalue weighted by Crippen LogP contribution is -2.49. The summed E-state index contributed by atoms with van der Waals surface area (Å²) in [7, 11) is 0. The van der Waals surface area contributed by atoms with Crippen LogP contribution in [0.4, 0.5) is 4.79 Å². The predicted molar refractivity (Wildman–Crippen MR) is 67.3 cm³/mol. The molecular formula is C10H17N3O4S. The first-order valence-corrected chi connectivity index (χ1v) is 6.78. The number of hydrogen-bond acceptors (Lipinski definition) is 4. The van der Waals surface area contributed by atoms with Gasteiger partial charge in [0.05, 0.1) is 0 Å². The maximum Gasteiger partial charge on any atom is 0.323 e. The Bertz CT molecular complexity index is 313. The molecule has 0 aromatic rings. The largest absolute Gasteiger partial charge is 0.480 e. The number of carbonyl (C=O) groups is 3. The number of carboxylic acids is 1. The number of carbonyl (C=O) groups excluding carboxylic acids is 2. The van der Waals surface area contributed by atoms with Gasteiger partial charge in [0.25, 0.3) is 0 Å². The third kappa shape index (κ3) is 4.82. The quantitative estimate of drug-likeness (QED) is 0.714. The van der Waals surface area contributed by atoms with Gasteiger partial charge in [0.15, 0.2) is 0 Å². The van der Waals surface area contributed by atoms with Gasteiger partial charge in [-0.2, -0.15) is 11.8 Å². The second-order valence-electron chi connectivity index (χ2n) is 3.95. The maximum atomic E-state index is 12.1. The lowest BCUT2D eigenvalue weighted by Gasteiger charge is -2.27. The first kappa shape index (κ1) is 14.6. The molecule has 102 valence electrons. The minimum absolute atomic E-state index is 0.366. The molecule has 0 spiro atoms. The van der Waals surface area contributed by atoms with E-state index in [1.807, 2.05) is 0 Å². The standard InChI is InChI=1S/C10H17N3O4S/c11-8(14)6-13(7-9(15)16)10(17)12-2-1-4-18-5-3-12/h1-7H2,(H2,11,14)(H,15,16). The molecule has 0 radical (unpaired) electrons. The highest BCUT2D eigenvalue weighted by molar-refractivity contribution is 7.99. The first-order valence-electron chi connectivity index (χ1n) is 5.62. The van der Waals surface area contributed by atoms with E-state index in [0.29, 0.717) is 13.1 Å². The Morgan fingerprint density at radius 1 is 1.22 bits per heavy atom. The smallest absolute Gasteiger partial charge is 0.323 e. The normalized spacial score (nSPS) is 15.9. The van der Waals surface area contributed by atoms with Crippen molar-refractivity contribution in [2.24, 2.45) is 5.73 Å². The minimum atomic E-state index is -1.16. The number of nitrogens with two attached hydrogens (primary N) is 1. The van der Waals surface area contributed by atoms with Crippen molar-refractivity contribution in [2.75, 3.05) is 37.7 Å². The number of nitrogens with zero attached hydrogens (tertiary/aromatic N) is 2. The zero-order valence-corrected chi connectivity index (χ0v) is 10.8. The zero-order valence-electron chi connectivity index (χ0n) is 10.0. The average Bonchev–Trinajstić information content (AvgIpc) is 2.54. The molecule has 0 aliphatic carbocycles. The van der Waals surface area contributed by atoms with E-state index in [9.17, 15) is 14.4 Å². The van der Waals surface area contributed by atoms with Crippen LogP contribution in [-0.4, -0.2) is 70.5 Å². The number of amides is 3. The molecule has 7 nitrogen and oxygen atoms in total. The van der Waals surface area contributed by atoms with Gasteiger partial charge in [-0.15, -0.1) is 0 Å². The van der Waals surface area contributed by atoms with Gasteiger partial charge in [0.2, 0.25) is 5.91 Å². The zero-order chi connectivity index (χ0) is 13.5. The van der Waals surface area contributed by atoms with Crippen molar-refractivity contribution in [3.05, 3.63) is 0 Å². The van der Waals surface area contributed by atoms with E-state index in [2.05, 4.69) is 0 Å². The molecule has 1 aliphatic heterocycles. The Balaban J connectivity index is 2.66. The SMILES string of the molecule is NC(=O)CN(CC(=O)O)C(=O)N1CCCSCC1. The van der Waals surface area contributed by atoms with E-state index in [1.165, 1.54) is 0 Å². The fourth-order valence-electron chi connectivity index (χ4n) is 1.68. The topological polar surface area (TPSA) is 104 Å². The third-order valence-corrected chi connectivity index (χ3v) is 3.48. The number of thioether (sulfide) groups is 1. The molecule has 3 amide bonds. The molecule has 0 aromatic heterocycles. The van der Waals surface area contributed by atoms with E-state index in [-0.39, 0.29) is 6.54 Å². The summed E-state index contributed by atoms with van der Waals surface area (Å²) in [5.74, 6) is -0.0653. The number of primary amides is 1. The Morgan fingerprint density at radius 2 is 1.94 bits per heavy atom. The summed E-state index contributed by atoms with van der Waals surface area (Å²) in [4.78, 5) is 36.2. The van der Waals surface area contributed by atoms with Gasteiger partial charge in [-0.1, -0.05) is 0 Å². The Hall–Kier alpha value is -1.44. The number of hydrogen-bond donors (Lipinski definition) is 2. The number of rotatable bonds is 4. The van der Waals surface area contributed by atoms with Crippen molar-refractivity contribution in [2.45, 2.75) is 6.42 Å². The second kappa shape index (κ2) is 7.10. The molecule has 3 N–H and O–H groups in total. The van der Waals surface area contributed by atoms with Crippen molar-refractivity contribution in [1.29, 1.82) is 0 Å². The summed E-state index contributed by atoms with van der Waals surface area (Å²) in [5.41, 5.74) is 5.02. The van der Waals surface area contributed by atoms with Gasteiger partial charge in [-0.05, 0) is 12.2 Å². The lowest BCUT2D eigenvalue weighted by molar-refractivity contribution is -0.138. The van der Waals surface area contributed by atoms with E-state index in [1.54, 1.807) is 16.7 Å². The summed E-state index contributed by atoms with van der Waals surface area (Å²) in [6, 6.07) is -0.432. The van der Waals surface area contributed by atoms with Crippen molar-refractivity contribution in [3.8, 4) is 0 Å². The number of aliphatic carboxylic acids is 1. The van der Waals surface area contributed by atoms with Gasteiger partial charge in [0.1, 0.15) is 13.1 Å². The molecule has 0 aromatic carbocycles. The minimum Gasteiger partial charge on any atom is -0.480 e. The summed E-state index contributed by atoms with van der Waals surface area (Å²) < 4.78 is 0. The van der Waals surface area contributed by atoms with Crippen LogP contribution in [0.5, 0.6) is 0 Å². The Labute approximate surface area is 109 Å². The van der Waals surface area contributed by atoms with Gasteiger partial charge < -0.3 is 20.6 Å². The molecule has 0 saturated carbocycles. The molecular weight excluding hydrogens is 258 g/mol. The average molecular weight is 275 g/mol. The molecule has 1 fully saturated rings.